The molecule has 2 aliphatic rings. The first-order valence-corrected chi connectivity index (χ1v) is 7.81. The van der Waals surface area contributed by atoms with Gasteiger partial charge in [0.1, 0.15) is 11.1 Å². The molecule has 1 saturated carbocycles. The van der Waals surface area contributed by atoms with E-state index in [9.17, 15) is 0 Å². The third-order valence-corrected chi connectivity index (χ3v) is 4.99. The van der Waals surface area contributed by atoms with E-state index in [1.165, 1.54) is 12.8 Å². The Balaban J connectivity index is 1.83. The van der Waals surface area contributed by atoms with Crippen molar-refractivity contribution in [3.8, 4) is 5.75 Å². The van der Waals surface area contributed by atoms with Crippen LogP contribution in [0.1, 0.15) is 19.3 Å². The Labute approximate surface area is 128 Å². The molecule has 1 aliphatic heterocycles. The maximum absolute atomic E-state index is 6.22. The molecule has 0 bridgehead atoms. The smallest absolute Gasteiger partial charge is 0.158 e. The Hall–Kier alpha value is -0.150. The lowest BCUT2D eigenvalue weighted by Crippen LogP contribution is -2.31. The van der Waals surface area contributed by atoms with Gasteiger partial charge in [-0.1, -0.05) is 34.8 Å². The van der Waals surface area contributed by atoms with Crippen molar-refractivity contribution in [1.82, 2.24) is 5.32 Å². The molecule has 104 valence electrons. The van der Waals surface area contributed by atoms with Crippen molar-refractivity contribution in [3.05, 3.63) is 27.2 Å². The Morgan fingerprint density at radius 3 is 2.42 bits per heavy atom. The number of rotatable bonds is 4. The van der Waals surface area contributed by atoms with Crippen molar-refractivity contribution in [2.24, 2.45) is 11.8 Å². The minimum atomic E-state index is 0.198. The van der Waals surface area contributed by atoms with E-state index in [1.807, 2.05) is 0 Å². The molecule has 0 spiro atoms. The molecule has 1 aromatic carbocycles. The van der Waals surface area contributed by atoms with Crippen molar-refractivity contribution < 1.29 is 4.74 Å². The summed E-state index contributed by atoms with van der Waals surface area (Å²) < 4.78 is 6.18. The van der Waals surface area contributed by atoms with E-state index in [0.717, 1.165) is 19.5 Å². The second kappa shape index (κ2) is 5.69. The van der Waals surface area contributed by atoms with Crippen LogP contribution in [-0.2, 0) is 0 Å². The fraction of sp³-hybridized carbons (Fsp3) is 0.571. The van der Waals surface area contributed by atoms with Crippen molar-refractivity contribution in [2.45, 2.75) is 25.4 Å². The molecule has 0 radical (unpaired) electrons. The van der Waals surface area contributed by atoms with Crippen LogP contribution in [0.4, 0.5) is 0 Å². The fourth-order valence-corrected chi connectivity index (χ4v) is 3.32. The van der Waals surface area contributed by atoms with Gasteiger partial charge in [-0.05, 0) is 43.9 Å². The van der Waals surface area contributed by atoms with Gasteiger partial charge in [-0.15, -0.1) is 0 Å². The van der Waals surface area contributed by atoms with Crippen LogP contribution in [0.15, 0.2) is 12.1 Å². The highest BCUT2D eigenvalue weighted by molar-refractivity contribution is 6.44. The van der Waals surface area contributed by atoms with Crippen LogP contribution in [0.5, 0.6) is 5.75 Å². The van der Waals surface area contributed by atoms with E-state index < -0.39 is 0 Å². The van der Waals surface area contributed by atoms with Gasteiger partial charge in [0.25, 0.3) is 0 Å². The van der Waals surface area contributed by atoms with Gasteiger partial charge < -0.3 is 10.1 Å². The summed E-state index contributed by atoms with van der Waals surface area (Å²) in [4.78, 5) is 0. The summed E-state index contributed by atoms with van der Waals surface area (Å²) >= 11 is 18.5. The molecule has 0 aromatic heterocycles. The van der Waals surface area contributed by atoms with E-state index in [-0.39, 0.29) is 6.10 Å². The lowest BCUT2D eigenvalue weighted by atomic mass is 9.97. The highest BCUT2D eigenvalue weighted by Crippen LogP contribution is 2.44. The number of benzene rings is 1. The number of halogens is 3. The molecular weight excluding hydrogens is 305 g/mol. The average molecular weight is 321 g/mol. The zero-order chi connectivity index (χ0) is 13.4. The monoisotopic (exact) mass is 319 g/mol. The predicted molar refractivity (Wildman–Crippen MR) is 79.6 cm³/mol. The maximum Gasteiger partial charge on any atom is 0.158 e. The zero-order valence-corrected chi connectivity index (χ0v) is 12.7. The fourth-order valence-electron chi connectivity index (χ4n) is 2.71. The van der Waals surface area contributed by atoms with E-state index in [4.69, 9.17) is 39.5 Å². The van der Waals surface area contributed by atoms with Crippen LogP contribution in [0.3, 0.4) is 0 Å². The summed E-state index contributed by atoms with van der Waals surface area (Å²) in [6.07, 6.45) is 3.81. The maximum atomic E-state index is 6.22. The number of ether oxygens (including phenoxy) is 1. The van der Waals surface area contributed by atoms with Crippen LogP contribution < -0.4 is 10.1 Å². The second-order valence-corrected chi connectivity index (χ2v) is 6.54. The molecular formula is C14H16Cl3NO. The third kappa shape index (κ3) is 2.97. The molecule has 3 rings (SSSR count). The molecule has 1 aromatic rings. The summed E-state index contributed by atoms with van der Waals surface area (Å²) in [5, 5.41) is 4.83. The molecule has 1 heterocycles. The van der Waals surface area contributed by atoms with Gasteiger partial charge in [0, 0.05) is 12.5 Å². The van der Waals surface area contributed by atoms with E-state index in [1.54, 1.807) is 12.1 Å². The van der Waals surface area contributed by atoms with Gasteiger partial charge >= 0.3 is 0 Å². The minimum Gasteiger partial charge on any atom is -0.487 e. The van der Waals surface area contributed by atoms with Gasteiger partial charge in [-0.25, -0.2) is 0 Å². The van der Waals surface area contributed by atoms with Crippen LogP contribution in [-0.4, -0.2) is 19.2 Å². The van der Waals surface area contributed by atoms with Crippen molar-refractivity contribution in [3.63, 3.8) is 0 Å². The van der Waals surface area contributed by atoms with Crippen LogP contribution in [0, 0.1) is 11.8 Å². The molecule has 1 saturated heterocycles. The largest absolute Gasteiger partial charge is 0.487 e. The van der Waals surface area contributed by atoms with E-state index in [2.05, 4.69) is 5.32 Å². The average Bonchev–Trinajstić information content (AvgIpc) is 3.09. The minimum absolute atomic E-state index is 0.198. The molecule has 0 amide bonds. The molecule has 2 atom stereocenters. The summed E-state index contributed by atoms with van der Waals surface area (Å²) in [5.74, 6) is 1.72. The number of hydrogen-bond donors (Lipinski definition) is 1. The van der Waals surface area contributed by atoms with E-state index in [0.29, 0.717) is 32.7 Å². The first-order chi connectivity index (χ1) is 9.16. The summed E-state index contributed by atoms with van der Waals surface area (Å²) in [6, 6.07) is 3.43. The molecule has 1 N–H and O–H groups in total. The van der Waals surface area contributed by atoms with Gasteiger partial charge in [-0.3, -0.25) is 0 Å². The first kappa shape index (κ1) is 13.8. The Morgan fingerprint density at radius 1 is 1.05 bits per heavy atom. The van der Waals surface area contributed by atoms with Crippen LogP contribution in [0.2, 0.25) is 15.1 Å². The quantitative estimate of drug-likeness (QED) is 0.830. The predicted octanol–water partition coefficient (Wildman–Crippen LogP) is 4.41. The molecule has 1 unspecified atom stereocenters. The van der Waals surface area contributed by atoms with Crippen LogP contribution >= 0.6 is 34.8 Å². The lowest BCUT2D eigenvalue weighted by molar-refractivity contribution is 0.121. The zero-order valence-electron chi connectivity index (χ0n) is 10.5. The Kier molecular flexibility index (Phi) is 4.14. The van der Waals surface area contributed by atoms with E-state index >= 15 is 0 Å². The third-order valence-electron chi connectivity index (χ3n) is 3.91. The SMILES string of the molecule is Clc1ccc(Cl)c(OC(C2CC2)[C@H]2CCNC2)c1Cl. The van der Waals surface area contributed by atoms with Crippen LogP contribution in [0.25, 0.3) is 0 Å². The van der Waals surface area contributed by atoms with Gasteiger partial charge in [0.2, 0.25) is 0 Å². The molecule has 2 nitrogen and oxygen atoms in total. The normalized spacial score (nSPS) is 24.5. The lowest BCUT2D eigenvalue weighted by Gasteiger charge is -2.25. The van der Waals surface area contributed by atoms with Gasteiger partial charge in [0.05, 0.1) is 10.0 Å². The standard InChI is InChI=1S/C14H16Cl3NO/c15-10-3-4-11(16)14(12(10)17)19-13(8-1-2-8)9-5-6-18-7-9/h3-4,8-9,13,18H,1-2,5-7H2/t9-,13?/m0/s1. The molecule has 1 aliphatic carbocycles. The molecule has 2 fully saturated rings. The van der Waals surface area contributed by atoms with Crippen molar-refractivity contribution in [1.29, 1.82) is 0 Å². The molecule has 19 heavy (non-hydrogen) atoms. The van der Waals surface area contributed by atoms with Crippen molar-refractivity contribution >= 4 is 34.8 Å². The highest BCUT2D eigenvalue weighted by atomic mass is 35.5. The second-order valence-electron chi connectivity index (χ2n) is 5.35. The number of hydrogen-bond acceptors (Lipinski definition) is 2. The van der Waals surface area contributed by atoms with Gasteiger partial charge in [-0.2, -0.15) is 0 Å². The molecule has 5 heteroatoms. The van der Waals surface area contributed by atoms with Gasteiger partial charge in [0.15, 0.2) is 5.75 Å². The summed E-state index contributed by atoms with van der Waals surface area (Å²) in [5.41, 5.74) is 0. The first-order valence-electron chi connectivity index (χ1n) is 6.67. The van der Waals surface area contributed by atoms with Crippen molar-refractivity contribution in [2.75, 3.05) is 13.1 Å². The summed E-state index contributed by atoms with van der Waals surface area (Å²) in [7, 11) is 0. The topological polar surface area (TPSA) is 21.3 Å². The Morgan fingerprint density at radius 2 is 1.79 bits per heavy atom. The Bertz CT molecular complexity index is 470. The number of nitrogens with one attached hydrogen (secondary N) is 1. The summed E-state index contributed by atoms with van der Waals surface area (Å²) in [6.45, 7) is 2.07. The highest BCUT2D eigenvalue weighted by Gasteiger charge is 2.40.